The first-order chi connectivity index (χ1) is 15.4. The average molecular weight is 530 g/mol. The Morgan fingerprint density at radius 3 is 2.34 bits per heavy atom. The number of hydrogen-bond acceptors (Lipinski definition) is 5. The number of thiazole rings is 1. The van der Waals surface area contributed by atoms with Gasteiger partial charge in [-0.15, -0.1) is 11.3 Å². The van der Waals surface area contributed by atoms with Gasteiger partial charge in [0.05, 0.1) is 17.3 Å². The van der Waals surface area contributed by atoms with Crippen molar-refractivity contribution >= 4 is 68.8 Å². The zero-order valence-electron chi connectivity index (χ0n) is 17.0. The number of aromatic nitrogens is 1. The van der Waals surface area contributed by atoms with Gasteiger partial charge in [-0.25, -0.2) is 4.98 Å². The molecule has 5 nitrogen and oxygen atoms in total. The summed E-state index contributed by atoms with van der Waals surface area (Å²) in [6, 6.07) is 10.8. The van der Waals surface area contributed by atoms with Crippen molar-refractivity contribution in [2.45, 2.75) is 6.54 Å². The number of carbonyl (C=O) groups excluding carboxylic acids is 1. The van der Waals surface area contributed by atoms with E-state index in [9.17, 15) is 4.79 Å². The lowest BCUT2D eigenvalue weighted by Crippen LogP contribution is -2.48. The van der Waals surface area contributed by atoms with Crippen LogP contribution in [0.15, 0.2) is 41.8 Å². The van der Waals surface area contributed by atoms with E-state index in [-0.39, 0.29) is 5.91 Å². The number of benzene rings is 2. The number of rotatable bonds is 6. The molecule has 1 aliphatic rings. The van der Waals surface area contributed by atoms with Crippen LogP contribution in [0.1, 0.15) is 5.56 Å². The van der Waals surface area contributed by atoms with Crippen LogP contribution in [0, 0.1) is 0 Å². The van der Waals surface area contributed by atoms with Gasteiger partial charge in [-0.3, -0.25) is 14.6 Å². The second-order valence-electron chi connectivity index (χ2n) is 7.46. The number of nitrogens with zero attached hydrogens (tertiary/aromatic N) is 3. The predicted octanol–water partition coefficient (Wildman–Crippen LogP) is 6.18. The molecule has 2 aromatic carbocycles. The Morgan fingerprint density at radius 2 is 1.66 bits per heavy atom. The topological polar surface area (TPSA) is 48.5 Å². The van der Waals surface area contributed by atoms with Gasteiger partial charge in [0.15, 0.2) is 5.13 Å². The normalized spacial score (nSPS) is 15.1. The van der Waals surface area contributed by atoms with Crippen LogP contribution in [0.25, 0.3) is 11.3 Å². The van der Waals surface area contributed by atoms with Crippen LogP contribution in [-0.4, -0.2) is 53.4 Å². The summed E-state index contributed by atoms with van der Waals surface area (Å²) in [7, 11) is 0. The Bertz CT molecular complexity index is 1090. The molecule has 1 fully saturated rings. The van der Waals surface area contributed by atoms with Crippen molar-refractivity contribution in [2.24, 2.45) is 0 Å². The minimum Gasteiger partial charge on any atom is -0.301 e. The van der Waals surface area contributed by atoms with E-state index < -0.39 is 0 Å². The standard InChI is InChI=1S/C22H20Cl4N4OS/c23-14-4-5-15(19(26)10-14)20-13-32-22(27-20)28-21(31)12-30-8-6-29(7-9-30)11-16-17(24)2-1-3-18(16)25/h1-5,10,13H,6-9,11-12H2,(H,27,28,31). The van der Waals surface area contributed by atoms with Crippen LogP contribution in [0.2, 0.25) is 20.1 Å². The summed E-state index contributed by atoms with van der Waals surface area (Å²) in [4.78, 5) is 21.4. The van der Waals surface area contributed by atoms with E-state index >= 15 is 0 Å². The van der Waals surface area contributed by atoms with Gasteiger partial charge in [-0.1, -0.05) is 52.5 Å². The molecule has 0 spiro atoms. The second-order valence-corrected chi connectivity index (χ2v) is 9.98. The molecule has 0 unspecified atom stereocenters. The number of hydrogen-bond donors (Lipinski definition) is 1. The first kappa shape index (κ1) is 23.8. The Hall–Kier alpha value is -1.38. The largest absolute Gasteiger partial charge is 0.301 e. The van der Waals surface area contributed by atoms with Crippen molar-refractivity contribution < 1.29 is 4.79 Å². The van der Waals surface area contributed by atoms with Gasteiger partial charge >= 0.3 is 0 Å². The maximum atomic E-state index is 12.5. The van der Waals surface area contributed by atoms with Crippen molar-refractivity contribution in [2.75, 3.05) is 38.0 Å². The van der Waals surface area contributed by atoms with E-state index in [2.05, 4.69) is 20.1 Å². The third-order valence-electron chi connectivity index (χ3n) is 5.23. The van der Waals surface area contributed by atoms with Gasteiger partial charge in [0, 0.05) is 64.3 Å². The van der Waals surface area contributed by atoms with Crippen LogP contribution in [0.4, 0.5) is 5.13 Å². The summed E-state index contributed by atoms with van der Waals surface area (Å²) >= 11 is 26.2. The van der Waals surface area contributed by atoms with E-state index in [0.29, 0.717) is 44.0 Å². The first-order valence-electron chi connectivity index (χ1n) is 9.97. The molecular formula is C22H20Cl4N4OS. The molecule has 1 amide bonds. The lowest BCUT2D eigenvalue weighted by atomic mass is 10.2. The van der Waals surface area contributed by atoms with Crippen LogP contribution in [0.5, 0.6) is 0 Å². The Kier molecular flexibility index (Phi) is 7.95. The summed E-state index contributed by atoms with van der Waals surface area (Å²) < 4.78 is 0. The van der Waals surface area contributed by atoms with Gasteiger partial charge in [-0.05, 0) is 30.3 Å². The van der Waals surface area contributed by atoms with E-state index in [1.165, 1.54) is 11.3 Å². The van der Waals surface area contributed by atoms with Crippen molar-refractivity contribution in [3.8, 4) is 11.3 Å². The smallest absolute Gasteiger partial charge is 0.240 e. The number of carbonyl (C=O) groups is 1. The summed E-state index contributed by atoms with van der Waals surface area (Å²) in [6.45, 7) is 4.28. The van der Waals surface area contributed by atoms with Crippen LogP contribution in [-0.2, 0) is 11.3 Å². The van der Waals surface area contributed by atoms with Crippen LogP contribution in [0.3, 0.4) is 0 Å². The molecule has 0 atom stereocenters. The monoisotopic (exact) mass is 528 g/mol. The number of halogens is 4. The van der Waals surface area contributed by atoms with Crippen LogP contribution >= 0.6 is 57.7 Å². The van der Waals surface area contributed by atoms with Gasteiger partial charge in [0.1, 0.15) is 0 Å². The molecule has 4 rings (SSSR count). The molecular weight excluding hydrogens is 510 g/mol. The van der Waals surface area contributed by atoms with Gasteiger partial charge in [0.25, 0.3) is 0 Å². The molecule has 0 saturated carbocycles. The summed E-state index contributed by atoms with van der Waals surface area (Å²) in [5.74, 6) is -0.0873. The molecule has 1 aliphatic heterocycles. The van der Waals surface area contributed by atoms with Gasteiger partial charge in [-0.2, -0.15) is 0 Å². The fourth-order valence-electron chi connectivity index (χ4n) is 3.53. The third-order valence-corrected chi connectivity index (χ3v) is 7.25. The highest BCUT2D eigenvalue weighted by Gasteiger charge is 2.21. The summed E-state index contributed by atoms with van der Waals surface area (Å²) in [5, 5.41) is 7.75. The first-order valence-corrected chi connectivity index (χ1v) is 12.4. The van der Waals surface area contributed by atoms with Gasteiger partial charge < -0.3 is 5.32 Å². The molecule has 10 heteroatoms. The quantitative estimate of drug-likeness (QED) is 0.414. The fourth-order valence-corrected chi connectivity index (χ4v) is 5.28. The van der Waals surface area contributed by atoms with E-state index in [1.807, 2.05) is 29.6 Å². The minimum absolute atomic E-state index is 0.0873. The zero-order valence-corrected chi connectivity index (χ0v) is 20.8. The molecule has 2 heterocycles. The molecule has 0 aliphatic carbocycles. The number of piperazine rings is 1. The summed E-state index contributed by atoms with van der Waals surface area (Å²) in [6.07, 6.45) is 0. The summed E-state index contributed by atoms with van der Waals surface area (Å²) in [5.41, 5.74) is 2.43. The minimum atomic E-state index is -0.0873. The van der Waals surface area contributed by atoms with E-state index in [1.54, 1.807) is 12.1 Å². The molecule has 32 heavy (non-hydrogen) atoms. The third kappa shape index (κ3) is 5.94. The van der Waals surface area contributed by atoms with E-state index in [0.717, 1.165) is 37.3 Å². The fraction of sp³-hybridized carbons (Fsp3) is 0.273. The Morgan fingerprint density at radius 1 is 0.969 bits per heavy atom. The number of nitrogens with one attached hydrogen (secondary N) is 1. The molecule has 3 aromatic rings. The lowest BCUT2D eigenvalue weighted by Gasteiger charge is -2.34. The maximum Gasteiger partial charge on any atom is 0.240 e. The average Bonchev–Trinajstić information content (AvgIpc) is 3.20. The predicted molar refractivity (Wildman–Crippen MR) is 134 cm³/mol. The van der Waals surface area contributed by atoms with E-state index in [4.69, 9.17) is 46.4 Å². The highest BCUT2D eigenvalue weighted by molar-refractivity contribution is 7.14. The van der Waals surface area contributed by atoms with Crippen molar-refractivity contribution in [1.29, 1.82) is 0 Å². The lowest BCUT2D eigenvalue weighted by molar-refractivity contribution is -0.117. The Labute approximate surface area is 210 Å². The molecule has 168 valence electrons. The van der Waals surface area contributed by atoms with Gasteiger partial charge in [0.2, 0.25) is 5.91 Å². The second kappa shape index (κ2) is 10.7. The SMILES string of the molecule is O=C(CN1CCN(Cc2c(Cl)cccc2Cl)CC1)Nc1nc(-c2ccc(Cl)cc2Cl)cs1. The zero-order chi connectivity index (χ0) is 22.7. The molecule has 1 aromatic heterocycles. The number of anilines is 1. The highest BCUT2D eigenvalue weighted by Crippen LogP contribution is 2.32. The Balaban J connectivity index is 1.27. The molecule has 1 N–H and O–H groups in total. The highest BCUT2D eigenvalue weighted by atomic mass is 35.5. The molecule has 1 saturated heterocycles. The van der Waals surface area contributed by atoms with Crippen LogP contribution < -0.4 is 5.32 Å². The molecule has 0 bridgehead atoms. The van der Waals surface area contributed by atoms with Crippen molar-refractivity contribution in [3.63, 3.8) is 0 Å². The van der Waals surface area contributed by atoms with Crippen molar-refractivity contribution in [1.82, 2.24) is 14.8 Å². The molecule has 0 radical (unpaired) electrons. The number of amides is 1. The maximum absolute atomic E-state index is 12.5. The van der Waals surface area contributed by atoms with Crippen molar-refractivity contribution in [3.05, 3.63) is 67.4 Å².